The van der Waals surface area contributed by atoms with Crippen LogP contribution in [0.3, 0.4) is 0 Å². The van der Waals surface area contributed by atoms with Gasteiger partial charge in [0.25, 0.3) is 0 Å². The van der Waals surface area contributed by atoms with Gasteiger partial charge in [-0.2, -0.15) is 0 Å². The van der Waals surface area contributed by atoms with Crippen LogP contribution in [0, 0.1) is 0 Å². The summed E-state index contributed by atoms with van der Waals surface area (Å²) in [5, 5.41) is 0. The summed E-state index contributed by atoms with van der Waals surface area (Å²) in [6.07, 6.45) is 5.05. The minimum atomic E-state index is 0.0158. The van der Waals surface area contributed by atoms with Crippen LogP contribution in [0.1, 0.15) is 5.56 Å². The van der Waals surface area contributed by atoms with Gasteiger partial charge in [0.2, 0.25) is 5.91 Å². The van der Waals surface area contributed by atoms with Crippen molar-refractivity contribution in [1.82, 2.24) is 14.9 Å². The molecule has 0 saturated carbocycles. The largest absolute Gasteiger partial charge is 0.497 e. The van der Waals surface area contributed by atoms with Crippen molar-refractivity contribution >= 4 is 17.8 Å². The Bertz CT molecular complexity index is 1070. The van der Waals surface area contributed by atoms with E-state index >= 15 is 0 Å². The predicted octanol–water partition coefficient (Wildman–Crippen LogP) is 3.52. The molecule has 7 heteroatoms. The van der Waals surface area contributed by atoms with Crippen LogP contribution in [0.15, 0.2) is 67.0 Å². The van der Waals surface area contributed by atoms with E-state index in [4.69, 9.17) is 9.47 Å². The van der Waals surface area contributed by atoms with Gasteiger partial charge in [-0.05, 0) is 48.0 Å². The second-order valence-electron chi connectivity index (χ2n) is 7.41. The summed E-state index contributed by atoms with van der Waals surface area (Å²) in [5.74, 6) is 2.49. The van der Waals surface area contributed by atoms with E-state index in [1.807, 2.05) is 65.6 Å². The molecule has 0 spiro atoms. The second kappa shape index (κ2) is 9.96. The van der Waals surface area contributed by atoms with Gasteiger partial charge < -0.3 is 19.3 Å². The molecule has 2 heterocycles. The highest BCUT2D eigenvalue weighted by Gasteiger charge is 2.21. The lowest BCUT2D eigenvalue weighted by Gasteiger charge is -2.35. The van der Waals surface area contributed by atoms with E-state index in [-0.39, 0.29) is 5.91 Å². The highest BCUT2D eigenvalue weighted by atomic mass is 16.5. The molecule has 0 atom stereocenters. The number of hydrogen-bond donors (Lipinski definition) is 0. The summed E-state index contributed by atoms with van der Waals surface area (Å²) >= 11 is 0. The van der Waals surface area contributed by atoms with Gasteiger partial charge in [0.05, 0.1) is 19.9 Å². The van der Waals surface area contributed by atoms with Gasteiger partial charge in [-0.1, -0.05) is 12.1 Å². The molecule has 3 aromatic rings. The normalized spacial score (nSPS) is 13.9. The van der Waals surface area contributed by atoms with Crippen LogP contribution < -0.4 is 14.4 Å². The highest BCUT2D eigenvalue weighted by molar-refractivity contribution is 5.92. The molecular weight excluding hydrogens is 404 g/mol. The lowest BCUT2D eigenvalue weighted by molar-refractivity contribution is -0.126. The molecule has 164 valence electrons. The number of carbonyl (C=O) groups is 1. The van der Waals surface area contributed by atoms with Crippen molar-refractivity contribution in [3.8, 4) is 22.8 Å². The lowest BCUT2D eigenvalue weighted by atomic mass is 10.1. The zero-order valence-electron chi connectivity index (χ0n) is 18.3. The van der Waals surface area contributed by atoms with Crippen molar-refractivity contribution in [3.05, 3.63) is 72.6 Å². The number of benzene rings is 2. The Hall–Kier alpha value is -3.87. The Kier molecular flexibility index (Phi) is 6.65. The Morgan fingerprint density at radius 1 is 0.875 bits per heavy atom. The first-order valence-corrected chi connectivity index (χ1v) is 10.5. The number of carbonyl (C=O) groups excluding carboxylic acids is 1. The summed E-state index contributed by atoms with van der Waals surface area (Å²) < 4.78 is 10.4. The third-order valence-corrected chi connectivity index (χ3v) is 5.49. The van der Waals surface area contributed by atoms with Gasteiger partial charge >= 0.3 is 0 Å². The second-order valence-corrected chi connectivity index (χ2v) is 7.41. The molecule has 1 saturated heterocycles. The molecule has 7 nitrogen and oxygen atoms in total. The van der Waals surface area contributed by atoms with Gasteiger partial charge in [-0.3, -0.25) is 4.79 Å². The number of amides is 1. The monoisotopic (exact) mass is 430 g/mol. The molecule has 1 fully saturated rings. The number of methoxy groups -OCH3 is 2. The molecule has 1 aromatic heterocycles. The number of hydrogen-bond acceptors (Lipinski definition) is 6. The molecule has 0 radical (unpaired) electrons. The van der Waals surface area contributed by atoms with Crippen LogP contribution >= 0.6 is 0 Å². The maximum atomic E-state index is 12.6. The van der Waals surface area contributed by atoms with E-state index in [0.29, 0.717) is 13.1 Å². The number of rotatable bonds is 6. The van der Waals surface area contributed by atoms with Gasteiger partial charge in [-0.25, -0.2) is 9.97 Å². The summed E-state index contributed by atoms with van der Waals surface area (Å²) in [7, 11) is 3.28. The van der Waals surface area contributed by atoms with E-state index in [0.717, 1.165) is 47.2 Å². The Balaban J connectivity index is 1.35. The number of piperazine rings is 1. The first kappa shape index (κ1) is 21.4. The van der Waals surface area contributed by atoms with Crippen molar-refractivity contribution in [3.63, 3.8) is 0 Å². The van der Waals surface area contributed by atoms with Gasteiger partial charge in [0.1, 0.15) is 23.6 Å². The highest BCUT2D eigenvalue weighted by Crippen LogP contribution is 2.24. The predicted molar refractivity (Wildman–Crippen MR) is 125 cm³/mol. The Morgan fingerprint density at radius 2 is 1.50 bits per heavy atom. The lowest BCUT2D eigenvalue weighted by Crippen LogP contribution is -2.48. The van der Waals surface area contributed by atoms with Crippen molar-refractivity contribution in [1.29, 1.82) is 0 Å². The smallest absolute Gasteiger partial charge is 0.246 e. The first-order valence-electron chi connectivity index (χ1n) is 10.5. The molecular formula is C25H26N4O3. The van der Waals surface area contributed by atoms with Crippen molar-refractivity contribution in [2.45, 2.75) is 0 Å². The quantitative estimate of drug-likeness (QED) is 0.558. The molecule has 1 aliphatic rings. The van der Waals surface area contributed by atoms with Crippen LogP contribution in [-0.2, 0) is 4.79 Å². The van der Waals surface area contributed by atoms with Crippen molar-refractivity contribution in [2.24, 2.45) is 0 Å². The number of anilines is 1. The van der Waals surface area contributed by atoms with Crippen molar-refractivity contribution < 1.29 is 14.3 Å². The number of nitrogens with zero attached hydrogens (tertiary/aromatic N) is 4. The van der Waals surface area contributed by atoms with Crippen LogP contribution in [0.25, 0.3) is 17.3 Å². The molecule has 32 heavy (non-hydrogen) atoms. The molecule has 0 bridgehead atoms. The van der Waals surface area contributed by atoms with Crippen LogP contribution in [0.4, 0.5) is 5.82 Å². The summed E-state index contributed by atoms with van der Waals surface area (Å²) in [4.78, 5) is 25.5. The number of aromatic nitrogens is 2. The number of ether oxygens (including phenoxy) is 2. The van der Waals surface area contributed by atoms with Crippen LogP contribution in [-0.4, -0.2) is 61.2 Å². The molecule has 2 aromatic carbocycles. The van der Waals surface area contributed by atoms with E-state index in [1.165, 1.54) is 0 Å². The molecule has 1 aliphatic heterocycles. The molecule has 0 N–H and O–H groups in total. The minimum Gasteiger partial charge on any atom is -0.497 e. The molecule has 0 aliphatic carbocycles. The van der Waals surface area contributed by atoms with Crippen LogP contribution in [0.2, 0.25) is 0 Å². The maximum absolute atomic E-state index is 12.6. The topological polar surface area (TPSA) is 67.8 Å². The van der Waals surface area contributed by atoms with E-state index in [9.17, 15) is 4.79 Å². The third-order valence-electron chi connectivity index (χ3n) is 5.49. The van der Waals surface area contributed by atoms with E-state index in [2.05, 4.69) is 14.9 Å². The fraction of sp³-hybridized carbons (Fsp3) is 0.240. The zero-order chi connectivity index (χ0) is 22.3. The molecule has 0 unspecified atom stereocenters. The summed E-state index contributed by atoms with van der Waals surface area (Å²) in [6.45, 7) is 2.74. The molecule has 1 amide bonds. The van der Waals surface area contributed by atoms with Gasteiger partial charge in [-0.15, -0.1) is 0 Å². The van der Waals surface area contributed by atoms with E-state index in [1.54, 1.807) is 26.6 Å². The average Bonchev–Trinajstić information content (AvgIpc) is 2.88. The Labute approximate surface area is 187 Å². The Morgan fingerprint density at radius 3 is 2.12 bits per heavy atom. The fourth-order valence-corrected chi connectivity index (χ4v) is 3.58. The zero-order valence-corrected chi connectivity index (χ0v) is 18.3. The first-order chi connectivity index (χ1) is 15.7. The van der Waals surface area contributed by atoms with Gasteiger partial charge in [0, 0.05) is 43.9 Å². The third kappa shape index (κ3) is 5.06. The summed E-state index contributed by atoms with van der Waals surface area (Å²) in [5.41, 5.74) is 2.83. The van der Waals surface area contributed by atoms with Crippen LogP contribution in [0.5, 0.6) is 11.5 Å². The average molecular weight is 431 g/mol. The standard InChI is InChI=1S/C25H26N4O3/c1-31-21-8-3-19(4-9-21)5-12-25(30)29-15-13-28(14-16-29)24-17-23(26-18-27-24)20-6-10-22(32-2)11-7-20/h3-12,17-18H,13-16H2,1-2H3/b12-5-. The minimum absolute atomic E-state index is 0.0158. The van der Waals surface area contributed by atoms with E-state index < -0.39 is 0 Å². The maximum Gasteiger partial charge on any atom is 0.246 e. The van der Waals surface area contributed by atoms with Gasteiger partial charge in [0.15, 0.2) is 0 Å². The molecule has 4 rings (SSSR count). The SMILES string of the molecule is COc1ccc(/C=C\C(=O)N2CCN(c3cc(-c4ccc(OC)cc4)ncn3)CC2)cc1. The summed E-state index contributed by atoms with van der Waals surface area (Å²) in [6, 6.07) is 17.4. The fourth-order valence-electron chi connectivity index (χ4n) is 3.58. The van der Waals surface area contributed by atoms with Crippen molar-refractivity contribution in [2.75, 3.05) is 45.3 Å².